The third-order valence-corrected chi connectivity index (χ3v) is 7.17. The van der Waals surface area contributed by atoms with Gasteiger partial charge < -0.3 is 15.4 Å². The van der Waals surface area contributed by atoms with Gasteiger partial charge in [0.05, 0.1) is 22.6 Å². The number of rotatable bonds is 12. The fourth-order valence-electron chi connectivity index (χ4n) is 2.73. The zero-order valence-electron chi connectivity index (χ0n) is 16.6. The first-order chi connectivity index (χ1) is 14.2. The predicted molar refractivity (Wildman–Crippen MR) is 125 cm³/mol. The van der Waals surface area contributed by atoms with Crippen LogP contribution in [0, 0.1) is 0 Å². The van der Waals surface area contributed by atoms with Crippen LogP contribution in [-0.2, 0) is 11.0 Å². The molecular weight excluding hydrogens is 424 g/mol. The molecule has 6 nitrogen and oxygen atoms in total. The molecule has 2 aromatic heterocycles. The van der Waals surface area contributed by atoms with Gasteiger partial charge in [-0.2, -0.15) is 0 Å². The van der Waals surface area contributed by atoms with E-state index in [0.29, 0.717) is 17.2 Å². The Hall–Kier alpha value is -1.94. The molecule has 3 N–H and O–H groups in total. The Morgan fingerprint density at radius 3 is 2.76 bits per heavy atom. The Bertz CT molecular complexity index is 912. The third kappa shape index (κ3) is 6.27. The van der Waals surface area contributed by atoms with Crippen LogP contribution in [0.15, 0.2) is 46.0 Å². The summed E-state index contributed by atoms with van der Waals surface area (Å²) in [6, 6.07) is 9.71. The summed E-state index contributed by atoms with van der Waals surface area (Å²) in [4.78, 5) is 6.48. The number of methoxy groups -OCH3 is 1. The molecule has 29 heavy (non-hydrogen) atoms. The summed E-state index contributed by atoms with van der Waals surface area (Å²) in [7, 11) is 2.14. The third-order valence-electron chi connectivity index (χ3n) is 4.29. The first kappa shape index (κ1) is 21.8. The lowest BCUT2D eigenvalue weighted by Gasteiger charge is -2.11. The minimum absolute atomic E-state index is 0.629. The molecule has 9 heteroatoms. The van der Waals surface area contributed by atoms with Gasteiger partial charge in [0.1, 0.15) is 16.7 Å². The number of benzene rings is 1. The largest absolute Gasteiger partial charge is 0.495 e. The Labute approximate surface area is 182 Å². The Morgan fingerprint density at radius 2 is 2.00 bits per heavy atom. The topological polar surface area (TPSA) is 75.3 Å². The smallest absolute Gasteiger partial charge is 0.183 e. The highest BCUT2D eigenvalue weighted by molar-refractivity contribution is 7.83. The van der Waals surface area contributed by atoms with Gasteiger partial charge in [-0.05, 0) is 42.5 Å². The Kier molecular flexibility index (Phi) is 8.48. The van der Waals surface area contributed by atoms with Gasteiger partial charge in [0.25, 0.3) is 0 Å². The second-order valence-electron chi connectivity index (χ2n) is 6.28. The van der Waals surface area contributed by atoms with Gasteiger partial charge in [0, 0.05) is 31.2 Å². The summed E-state index contributed by atoms with van der Waals surface area (Å²) in [6.07, 6.45) is 3.05. The normalized spacial score (nSPS) is 11.9. The lowest BCUT2D eigenvalue weighted by atomic mass is 10.2. The molecule has 0 aliphatic carbocycles. The summed E-state index contributed by atoms with van der Waals surface area (Å²) >= 11 is 3.34. The van der Waals surface area contributed by atoms with Crippen molar-refractivity contribution in [2.75, 3.05) is 37.9 Å². The van der Waals surface area contributed by atoms with Gasteiger partial charge in [0.2, 0.25) is 0 Å². The molecule has 0 saturated carbocycles. The SMILES string of the molecule is CNc1ccc(OC)c(S(=O)NCCCCCNc2nc(-c3cccs3)cs2)c1. The highest BCUT2D eigenvalue weighted by atomic mass is 32.2. The van der Waals surface area contributed by atoms with Gasteiger partial charge in [-0.15, -0.1) is 22.7 Å². The molecular formula is C20H26N4O2S3. The molecule has 3 aromatic rings. The van der Waals surface area contributed by atoms with Crippen molar-refractivity contribution < 1.29 is 8.95 Å². The molecule has 0 amide bonds. The average molecular weight is 451 g/mol. The van der Waals surface area contributed by atoms with Crippen LogP contribution in [-0.4, -0.2) is 36.4 Å². The molecule has 0 radical (unpaired) electrons. The van der Waals surface area contributed by atoms with Crippen LogP contribution in [0.1, 0.15) is 19.3 Å². The fourth-order valence-corrected chi connectivity index (χ4v) is 5.29. The van der Waals surface area contributed by atoms with Crippen molar-refractivity contribution >= 4 is 44.5 Å². The number of anilines is 2. The van der Waals surface area contributed by atoms with Crippen LogP contribution in [0.25, 0.3) is 10.6 Å². The van der Waals surface area contributed by atoms with Crippen LogP contribution >= 0.6 is 22.7 Å². The maximum atomic E-state index is 12.5. The predicted octanol–water partition coefficient (Wildman–Crippen LogP) is 4.82. The van der Waals surface area contributed by atoms with Crippen LogP contribution < -0.4 is 20.1 Å². The monoisotopic (exact) mass is 450 g/mol. The number of unbranched alkanes of at least 4 members (excludes halogenated alkanes) is 2. The van der Waals surface area contributed by atoms with Gasteiger partial charge >= 0.3 is 0 Å². The molecule has 0 saturated heterocycles. The van der Waals surface area contributed by atoms with Crippen molar-refractivity contribution in [2.24, 2.45) is 0 Å². The van der Waals surface area contributed by atoms with E-state index in [1.807, 2.05) is 31.3 Å². The maximum absolute atomic E-state index is 12.5. The number of nitrogens with zero attached hydrogens (tertiary/aromatic N) is 1. The Balaban J connectivity index is 1.34. The van der Waals surface area contributed by atoms with E-state index in [2.05, 4.69) is 37.2 Å². The van der Waals surface area contributed by atoms with Crippen molar-refractivity contribution in [1.82, 2.24) is 9.71 Å². The number of ether oxygens (including phenoxy) is 1. The highest BCUT2D eigenvalue weighted by Gasteiger charge is 2.11. The van der Waals surface area contributed by atoms with Crippen LogP contribution in [0.2, 0.25) is 0 Å². The summed E-state index contributed by atoms with van der Waals surface area (Å²) in [5.74, 6) is 0.629. The van der Waals surface area contributed by atoms with Crippen molar-refractivity contribution in [3.8, 4) is 16.3 Å². The van der Waals surface area contributed by atoms with Crippen molar-refractivity contribution in [3.05, 3.63) is 41.1 Å². The summed E-state index contributed by atoms with van der Waals surface area (Å²) in [5.41, 5.74) is 1.95. The minimum Gasteiger partial charge on any atom is -0.495 e. The van der Waals surface area contributed by atoms with Crippen molar-refractivity contribution in [3.63, 3.8) is 0 Å². The molecule has 1 aromatic carbocycles. The van der Waals surface area contributed by atoms with E-state index in [4.69, 9.17) is 4.74 Å². The molecule has 156 valence electrons. The average Bonchev–Trinajstić information content (AvgIpc) is 3.44. The molecule has 0 fully saturated rings. The van der Waals surface area contributed by atoms with Gasteiger partial charge in [-0.1, -0.05) is 12.5 Å². The molecule has 1 unspecified atom stereocenters. The first-order valence-electron chi connectivity index (χ1n) is 9.45. The summed E-state index contributed by atoms with van der Waals surface area (Å²) in [6.45, 7) is 1.58. The maximum Gasteiger partial charge on any atom is 0.183 e. The standard InChI is InChI=1S/C20H26N4O2S3/c1-21-15-8-9-17(26-2)19(13-15)29(25)23-11-5-3-4-10-22-20-24-16(14-28-20)18-7-6-12-27-18/h6-9,12-14,21,23H,3-5,10-11H2,1-2H3,(H,22,24). The van der Waals surface area contributed by atoms with Crippen LogP contribution in [0.5, 0.6) is 5.75 Å². The molecule has 1 atom stereocenters. The van der Waals surface area contributed by atoms with Crippen LogP contribution in [0.3, 0.4) is 0 Å². The van der Waals surface area contributed by atoms with Crippen molar-refractivity contribution in [2.45, 2.75) is 24.2 Å². The molecule has 0 bridgehead atoms. The lowest BCUT2D eigenvalue weighted by Crippen LogP contribution is -2.19. The van der Waals surface area contributed by atoms with Crippen LogP contribution in [0.4, 0.5) is 10.8 Å². The van der Waals surface area contributed by atoms with E-state index in [0.717, 1.165) is 42.3 Å². The Morgan fingerprint density at radius 1 is 1.14 bits per heavy atom. The summed E-state index contributed by atoms with van der Waals surface area (Å²) in [5, 5.41) is 11.6. The van der Waals surface area contributed by atoms with E-state index in [1.165, 1.54) is 4.88 Å². The highest BCUT2D eigenvalue weighted by Crippen LogP contribution is 2.28. The molecule has 0 aliphatic heterocycles. The van der Waals surface area contributed by atoms with Crippen molar-refractivity contribution in [1.29, 1.82) is 0 Å². The van der Waals surface area contributed by atoms with E-state index < -0.39 is 11.0 Å². The number of aromatic nitrogens is 1. The quantitative estimate of drug-likeness (QED) is 0.345. The second-order valence-corrected chi connectivity index (χ2v) is 9.35. The first-order valence-corrected chi connectivity index (χ1v) is 12.4. The zero-order chi connectivity index (χ0) is 20.5. The summed E-state index contributed by atoms with van der Waals surface area (Å²) < 4.78 is 20.9. The molecule has 2 heterocycles. The lowest BCUT2D eigenvalue weighted by molar-refractivity contribution is 0.404. The number of nitrogens with one attached hydrogen (secondary N) is 3. The second kappa shape index (κ2) is 11.3. The van der Waals surface area contributed by atoms with E-state index >= 15 is 0 Å². The van der Waals surface area contributed by atoms with E-state index in [-0.39, 0.29) is 0 Å². The van der Waals surface area contributed by atoms with E-state index in [9.17, 15) is 4.21 Å². The fraction of sp³-hybridized carbons (Fsp3) is 0.350. The molecule has 0 spiro atoms. The molecule has 3 rings (SSSR count). The number of thiophene rings is 1. The van der Waals surface area contributed by atoms with E-state index in [1.54, 1.807) is 29.8 Å². The number of hydrogen-bond acceptors (Lipinski definition) is 7. The number of thiazole rings is 1. The number of hydrogen-bond donors (Lipinski definition) is 3. The van der Waals surface area contributed by atoms with Gasteiger partial charge in [0.15, 0.2) is 5.13 Å². The minimum atomic E-state index is -1.29. The van der Waals surface area contributed by atoms with Gasteiger partial charge in [-0.3, -0.25) is 0 Å². The molecule has 0 aliphatic rings. The zero-order valence-corrected chi connectivity index (χ0v) is 19.0. The van der Waals surface area contributed by atoms with Gasteiger partial charge in [-0.25, -0.2) is 13.9 Å².